The molecule has 2 aromatic rings. The highest BCUT2D eigenvalue weighted by molar-refractivity contribution is 5.99. The summed E-state index contributed by atoms with van der Waals surface area (Å²) in [6.45, 7) is 1.79. The van der Waals surface area contributed by atoms with E-state index in [9.17, 15) is 4.79 Å². The van der Waals surface area contributed by atoms with Crippen molar-refractivity contribution < 1.29 is 4.79 Å². The Kier molecular flexibility index (Phi) is 4.15. The quantitative estimate of drug-likeness (QED) is 0.849. The van der Waals surface area contributed by atoms with Gasteiger partial charge in [0.25, 0.3) is 5.91 Å². The molecule has 118 valence electrons. The first-order valence-corrected chi connectivity index (χ1v) is 7.91. The van der Waals surface area contributed by atoms with Crippen LogP contribution in [0.5, 0.6) is 0 Å². The Hall–Kier alpha value is -1.52. The van der Waals surface area contributed by atoms with Gasteiger partial charge in [0, 0.05) is 41.3 Å². The zero-order chi connectivity index (χ0) is 14.4. The lowest BCUT2D eigenvalue weighted by Crippen LogP contribution is -2.28. The number of rotatable bonds is 1. The zero-order valence-corrected chi connectivity index (χ0v) is 13.4. The zero-order valence-electron chi connectivity index (χ0n) is 12.6. The van der Waals surface area contributed by atoms with Gasteiger partial charge in [-0.25, -0.2) is 0 Å². The maximum absolute atomic E-state index is 12.5. The fourth-order valence-corrected chi connectivity index (χ4v) is 3.68. The highest BCUT2D eigenvalue weighted by atomic mass is 35.5. The summed E-state index contributed by atoms with van der Waals surface area (Å²) in [5.74, 6) is 0.171. The number of hydrogen-bond donors (Lipinski definition) is 2. The third-order valence-corrected chi connectivity index (χ3v) is 4.87. The molecule has 1 amide bonds. The summed E-state index contributed by atoms with van der Waals surface area (Å²) in [4.78, 5) is 18.0. The number of aromatic amines is 1. The van der Waals surface area contributed by atoms with Crippen molar-refractivity contribution in [3.8, 4) is 0 Å². The highest BCUT2D eigenvalue weighted by Gasteiger charge is 2.23. The molecule has 2 heterocycles. The van der Waals surface area contributed by atoms with Gasteiger partial charge in [-0.15, -0.1) is 12.4 Å². The molecule has 1 unspecified atom stereocenters. The number of H-pyrrole nitrogens is 1. The van der Waals surface area contributed by atoms with Gasteiger partial charge in [-0.2, -0.15) is 0 Å². The number of amides is 1. The molecule has 5 heteroatoms. The molecule has 1 saturated heterocycles. The van der Waals surface area contributed by atoms with Crippen LogP contribution in [0, 0.1) is 0 Å². The number of nitrogens with zero attached hydrogens (tertiary/aromatic N) is 1. The third-order valence-electron chi connectivity index (χ3n) is 4.87. The third kappa shape index (κ3) is 2.50. The Bertz CT molecular complexity index is 703. The van der Waals surface area contributed by atoms with Gasteiger partial charge in [0.15, 0.2) is 0 Å². The van der Waals surface area contributed by atoms with Crippen LogP contribution in [-0.4, -0.2) is 34.9 Å². The molecule has 1 aliphatic carbocycles. The van der Waals surface area contributed by atoms with Crippen LogP contribution in [0.25, 0.3) is 10.9 Å². The summed E-state index contributed by atoms with van der Waals surface area (Å²) in [5, 5.41) is 1.19. The Labute approximate surface area is 136 Å². The molecule has 1 aromatic carbocycles. The molecule has 1 atom stereocenters. The summed E-state index contributed by atoms with van der Waals surface area (Å²) in [7, 11) is 0. The minimum absolute atomic E-state index is 0. The molecule has 1 aromatic heterocycles. The first kappa shape index (κ1) is 15.4. The minimum Gasteiger partial charge on any atom is -0.358 e. The molecule has 0 radical (unpaired) electrons. The highest BCUT2D eigenvalue weighted by Crippen LogP contribution is 2.30. The van der Waals surface area contributed by atoms with E-state index in [0.29, 0.717) is 0 Å². The van der Waals surface area contributed by atoms with Crippen molar-refractivity contribution >= 4 is 29.2 Å². The van der Waals surface area contributed by atoms with E-state index in [-0.39, 0.29) is 24.4 Å². The molecule has 1 fully saturated rings. The van der Waals surface area contributed by atoms with Gasteiger partial charge in [0.1, 0.15) is 0 Å². The van der Waals surface area contributed by atoms with E-state index in [4.69, 9.17) is 5.73 Å². The lowest BCUT2D eigenvalue weighted by Gasteiger charge is -2.18. The molecule has 4 nitrogen and oxygen atoms in total. The topological polar surface area (TPSA) is 62.1 Å². The first-order valence-electron chi connectivity index (χ1n) is 7.91. The van der Waals surface area contributed by atoms with E-state index < -0.39 is 0 Å². The Morgan fingerprint density at radius 2 is 2.05 bits per heavy atom. The minimum atomic E-state index is 0. The Morgan fingerprint density at radius 1 is 1.27 bits per heavy atom. The van der Waals surface area contributed by atoms with Crippen LogP contribution in [0.2, 0.25) is 0 Å². The molecule has 3 N–H and O–H groups in total. The maximum atomic E-state index is 12.5. The fourth-order valence-electron chi connectivity index (χ4n) is 3.68. The summed E-state index contributed by atoms with van der Waals surface area (Å²) in [6, 6.07) is 6.30. The predicted octanol–water partition coefficient (Wildman–Crippen LogP) is 2.64. The molecule has 22 heavy (non-hydrogen) atoms. The SMILES string of the molecule is Cl.NC1CCc2[nH]c3ccc(C(=O)N4CCCC4)cc3c2C1. The summed E-state index contributed by atoms with van der Waals surface area (Å²) in [6.07, 6.45) is 5.22. The number of aromatic nitrogens is 1. The number of likely N-dealkylation sites (tertiary alicyclic amines) is 1. The second-order valence-electron chi connectivity index (χ2n) is 6.34. The van der Waals surface area contributed by atoms with Crippen molar-refractivity contribution in [1.82, 2.24) is 9.88 Å². The van der Waals surface area contributed by atoms with Crippen molar-refractivity contribution in [3.63, 3.8) is 0 Å². The van der Waals surface area contributed by atoms with Gasteiger partial charge in [-0.3, -0.25) is 4.79 Å². The second kappa shape index (κ2) is 5.94. The number of nitrogens with two attached hydrogens (primary N) is 1. The van der Waals surface area contributed by atoms with E-state index in [1.54, 1.807) is 0 Å². The number of fused-ring (bicyclic) bond motifs is 3. The maximum Gasteiger partial charge on any atom is 0.253 e. The summed E-state index contributed by atoms with van der Waals surface area (Å²) in [5.41, 5.74) is 10.7. The average Bonchev–Trinajstić information content (AvgIpc) is 3.13. The molecule has 0 bridgehead atoms. The van der Waals surface area contributed by atoms with Crippen molar-refractivity contribution in [2.45, 2.75) is 38.1 Å². The molecular weight excluding hydrogens is 298 g/mol. The van der Waals surface area contributed by atoms with Gasteiger partial charge in [0.2, 0.25) is 0 Å². The molecule has 0 spiro atoms. The molecular formula is C17H22ClN3O. The first-order chi connectivity index (χ1) is 10.2. The largest absolute Gasteiger partial charge is 0.358 e. The number of aryl methyl sites for hydroxylation is 1. The number of nitrogens with one attached hydrogen (secondary N) is 1. The van der Waals surface area contributed by atoms with Crippen LogP contribution in [0.4, 0.5) is 0 Å². The number of carbonyl (C=O) groups is 1. The standard InChI is InChI=1S/C17H21N3O.ClH/c18-12-4-6-16-14(10-12)13-9-11(3-5-15(13)19-16)17(21)20-7-1-2-8-20;/h3,5,9,12,19H,1-2,4,6-8,10,18H2;1H. The lowest BCUT2D eigenvalue weighted by atomic mass is 9.92. The van der Waals surface area contributed by atoms with Gasteiger partial charge >= 0.3 is 0 Å². The van der Waals surface area contributed by atoms with Crippen LogP contribution < -0.4 is 5.73 Å². The van der Waals surface area contributed by atoms with E-state index in [2.05, 4.69) is 11.1 Å². The number of hydrogen-bond acceptors (Lipinski definition) is 2. The smallest absolute Gasteiger partial charge is 0.253 e. The Balaban J connectivity index is 0.00000144. The average molecular weight is 320 g/mol. The van der Waals surface area contributed by atoms with Crippen LogP contribution in [-0.2, 0) is 12.8 Å². The van der Waals surface area contributed by atoms with Crippen LogP contribution in [0.1, 0.15) is 40.9 Å². The number of carbonyl (C=O) groups excluding carboxylic acids is 1. The lowest BCUT2D eigenvalue weighted by molar-refractivity contribution is 0.0793. The fraction of sp³-hybridized carbons (Fsp3) is 0.471. The van der Waals surface area contributed by atoms with Gasteiger partial charge < -0.3 is 15.6 Å². The molecule has 2 aliphatic rings. The van der Waals surface area contributed by atoms with Crippen LogP contribution in [0.3, 0.4) is 0 Å². The van der Waals surface area contributed by atoms with E-state index in [1.165, 1.54) is 16.6 Å². The number of benzene rings is 1. The van der Waals surface area contributed by atoms with Crippen molar-refractivity contribution in [3.05, 3.63) is 35.0 Å². The summed E-state index contributed by atoms with van der Waals surface area (Å²) >= 11 is 0. The molecule has 1 aliphatic heterocycles. The number of halogens is 1. The van der Waals surface area contributed by atoms with Gasteiger partial charge in [-0.05, 0) is 55.9 Å². The van der Waals surface area contributed by atoms with Crippen molar-refractivity contribution in [2.24, 2.45) is 5.73 Å². The van der Waals surface area contributed by atoms with Crippen molar-refractivity contribution in [1.29, 1.82) is 0 Å². The molecule has 0 saturated carbocycles. The van der Waals surface area contributed by atoms with E-state index in [0.717, 1.165) is 56.3 Å². The van der Waals surface area contributed by atoms with Gasteiger partial charge in [-0.1, -0.05) is 0 Å². The normalized spacial score (nSPS) is 20.8. The Morgan fingerprint density at radius 3 is 2.82 bits per heavy atom. The predicted molar refractivity (Wildman–Crippen MR) is 90.7 cm³/mol. The second-order valence-corrected chi connectivity index (χ2v) is 6.34. The van der Waals surface area contributed by atoms with Gasteiger partial charge in [0.05, 0.1) is 0 Å². The van der Waals surface area contributed by atoms with Crippen molar-refractivity contribution in [2.75, 3.05) is 13.1 Å². The van der Waals surface area contributed by atoms with Crippen LogP contribution >= 0.6 is 12.4 Å². The van der Waals surface area contributed by atoms with Crippen LogP contribution in [0.15, 0.2) is 18.2 Å². The summed E-state index contributed by atoms with van der Waals surface area (Å²) < 4.78 is 0. The molecule has 4 rings (SSSR count). The monoisotopic (exact) mass is 319 g/mol. The van der Waals surface area contributed by atoms with E-state index >= 15 is 0 Å². The van der Waals surface area contributed by atoms with E-state index in [1.807, 2.05) is 17.0 Å².